The molecular weight excluding hydrogens is 477 g/mol. The molecule has 3 amide bonds. The summed E-state index contributed by atoms with van der Waals surface area (Å²) in [5.74, 6) is -1.59. The number of carbonyl (C=O) groups is 3. The smallest absolute Gasteiger partial charge is 0.270 e. The van der Waals surface area contributed by atoms with E-state index in [1.165, 1.54) is 16.8 Å². The van der Waals surface area contributed by atoms with Gasteiger partial charge in [-0.25, -0.2) is 0 Å². The molecule has 0 saturated carbocycles. The molecule has 0 radical (unpaired) electrons. The van der Waals surface area contributed by atoms with Crippen LogP contribution in [0.25, 0.3) is 10.9 Å². The van der Waals surface area contributed by atoms with E-state index in [2.05, 4.69) is 16.4 Å². The SMILES string of the molecule is CN(CC(=O)N1CC(C(=O)Nc2ccccc2)CC1C#N)C(=O)c1cc2c(Cl)cc(Cl)cc2[nH]1. The van der Waals surface area contributed by atoms with Crippen molar-refractivity contribution in [1.29, 1.82) is 5.26 Å². The lowest BCUT2D eigenvalue weighted by atomic mass is 10.1. The number of benzene rings is 2. The van der Waals surface area contributed by atoms with Gasteiger partial charge >= 0.3 is 0 Å². The number of likely N-dealkylation sites (N-methyl/N-ethyl adjacent to an activating group) is 1. The van der Waals surface area contributed by atoms with E-state index in [1.807, 2.05) is 6.07 Å². The van der Waals surface area contributed by atoms with Gasteiger partial charge in [0.25, 0.3) is 5.91 Å². The van der Waals surface area contributed by atoms with E-state index < -0.39 is 23.8 Å². The molecule has 1 fully saturated rings. The Morgan fingerprint density at radius 2 is 1.94 bits per heavy atom. The molecule has 1 aromatic heterocycles. The number of hydrogen-bond donors (Lipinski definition) is 2. The van der Waals surface area contributed by atoms with Crippen LogP contribution in [0.1, 0.15) is 16.9 Å². The molecule has 8 nitrogen and oxygen atoms in total. The fourth-order valence-corrected chi connectivity index (χ4v) is 4.58. The Labute approximate surface area is 206 Å². The number of halogens is 2. The maximum Gasteiger partial charge on any atom is 0.270 e. The molecule has 10 heteroatoms. The monoisotopic (exact) mass is 497 g/mol. The van der Waals surface area contributed by atoms with Crippen molar-refractivity contribution in [2.75, 3.05) is 25.5 Å². The second-order valence-corrected chi connectivity index (χ2v) is 9.02. The number of aromatic amines is 1. The van der Waals surface area contributed by atoms with Gasteiger partial charge in [0.15, 0.2) is 0 Å². The van der Waals surface area contributed by atoms with Crippen LogP contribution in [0.5, 0.6) is 0 Å². The number of rotatable bonds is 5. The molecule has 0 aliphatic carbocycles. The Balaban J connectivity index is 1.42. The lowest BCUT2D eigenvalue weighted by Gasteiger charge is -2.23. The Kier molecular flexibility index (Phi) is 6.77. The Morgan fingerprint density at radius 1 is 1.21 bits per heavy atom. The predicted molar refractivity (Wildman–Crippen MR) is 130 cm³/mol. The third-order valence-corrected chi connectivity index (χ3v) is 6.32. The van der Waals surface area contributed by atoms with Gasteiger partial charge in [-0.2, -0.15) is 5.26 Å². The Bertz CT molecular complexity index is 1300. The van der Waals surface area contributed by atoms with Crippen LogP contribution in [0.2, 0.25) is 10.0 Å². The summed E-state index contributed by atoms with van der Waals surface area (Å²) < 4.78 is 0. The highest BCUT2D eigenvalue weighted by molar-refractivity contribution is 6.38. The van der Waals surface area contributed by atoms with Gasteiger partial charge in [0.2, 0.25) is 11.8 Å². The largest absolute Gasteiger partial charge is 0.350 e. The summed E-state index contributed by atoms with van der Waals surface area (Å²) in [6, 6.07) is 15.2. The summed E-state index contributed by atoms with van der Waals surface area (Å²) in [5.41, 5.74) is 1.51. The molecule has 34 heavy (non-hydrogen) atoms. The van der Waals surface area contributed by atoms with Gasteiger partial charge in [0.1, 0.15) is 11.7 Å². The molecule has 2 unspecified atom stereocenters. The minimum Gasteiger partial charge on any atom is -0.350 e. The van der Waals surface area contributed by atoms with Gasteiger partial charge in [0.05, 0.1) is 23.6 Å². The number of para-hydroxylation sites is 1. The number of H-pyrrole nitrogens is 1. The molecule has 1 aliphatic heterocycles. The zero-order chi connectivity index (χ0) is 24.4. The summed E-state index contributed by atoms with van der Waals surface area (Å²) in [5, 5.41) is 13.8. The first-order valence-corrected chi connectivity index (χ1v) is 11.3. The molecule has 2 N–H and O–H groups in total. The second kappa shape index (κ2) is 9.75. The fourth-order valence-electron chi connectivity index (χ4n) is 4.04. The van der Waals surface area contributed by atoms with Gasteiger partial charge < -0.3 is 20.1 Å². The van der Waals surface area contributed by atoms with E-state index in [1.54, 1.807) is 42.5 Å². The van der Waals surface area contributed by atoms with E-state index in [-0.39, 0.29) is 31.1 Å². The van der Waals surface area contributed by atoms with Gasteiger partial charge in [-0.15, -0.1) is 0 Å². The van der Waals surface area contributed by atoms with Crippen molar-refractivity contribution < 1.29 is 14.4 Å². The minimum atomic E-state index is -0.739. The van der Waals surface area contributed by atoms with Crippen molar-refractivity contribution >= 4 is 57.5 Å². The number of carbonyl (C=O) groups excluding carboxylic acids is 3. The molecule has 4 rings (SSSR count). The van der Waals surface area contributed by atoms with E-state index in [4.69, 9.17) is 23.2 Å². The van der Waals surface area contributed by atoms with E-state index in [0.717, 1.165) is 0 Å². The van der Waals surface area contributed by atoms with Gasteiger partial charge in [-0.05, 0) is 36.8 Å². The number of likely N-dealkylation sites (tertiary alicyclic amines) is 1. The Hall–Kier alpha value is -3.54. The zero-order valence-electron chi connectivity index (χ0n) is 18.2. The van der Waals surface area contributed by atoms with Crippen molar-refractivity contribution in [2.45, 2.75) is 12.5 Å². The molecular formula is C24H21Cl2N5O3. The van der Waals surface area contributed by atoms with Crippen LogP contribution in [0.15, 0.2) is 48.5 Å². The van der Waals surface area contributed by atoms with E-state index in [9.17, 15) is 19.6 Å². The number of nitrogens with zero attached hydrogens (tertiary/aromatic N) is 3. The molecule has 174 valence electrons. The van der Waals surface area contributed by atoms with E-state index >= 15 is 0 Å². The van der Waals surface area contributed by atoms with Crippen LogP contribution in [0.3, 0.4) is 0 Å². The third kappa shape index (κ3) is 4.86. The van der Waals surface area contributed by atoms with E-state index in [0.29, 0.717) is 26.6 Å². The van der Waals surface area contributed by atoms with Crippen LogP contribution in [-0.4, -0.2) is 58.7 Å². The lowest BCUT2D eigenvalue weighted by molar-refractivity contribution is -0.131. The maximum absolute atomic E-state index is 13.0. The normalized spacial score (nSPS) is 17.4. The average molecular weight is 498 g/mol. The first-order valence-electron chi connectivity index (χ1n) is 10.5. The molecule has 0 bridgehead atoms. The van der Waals surface area contributed by atoms with Crippen LogP contribution < -0.4 is 5.32 Å². The number of fused-ring (bicyclic) bond motifs is 1. The maximum atomic E-state index is 13.0. The summed E-state index contributed by atoms with van der Waals surface area (Å²) >= 11 is 12.2. The summed E-state index contributed by atoms with van der Waals surface area (Å²) in [4.78, 5) is 44.1. The second-order valence-electron chi connectivity index (χ2n) is 8.17. The molecule has 0 spiro atoms. The Morgan fingerprint density at radius 3 is 2.65 bits per heavy atom. The number of amides is 3. The highest BCUT2D eigenvalue weighted by Gasteiger charge is 2.39. The third-order valence-electron chi connectivity index (χ3n) is 5.78. The minimum absolute atomic E-state index is 0.109. The highest BCUT2D eigenvalue weighted by Crippen LogP contribution is 2.29. The molecule has 2 heterocycles. The number of nitriles is 1. The molecule has 3 aromatic rings. The molecule has 1 aliphatic rings. The topological polar surface area (TPSA) is 109 Å². The lowest BCUT2D eigenvalue weighted by Crippen LogP contribution is -2.43. The number of anilines is 1. The summed E-state index contributed by atoms with van der Waals surface area (Å²) in [6.07, 6.45) is 0.236. The average Bonchev–Trinajstić information content (AvgIpc) is 3.44. The first kappa shape index (κ1) is 23.6. The number of aromatic nitrogens is 1. The standard InChI is InChI=1S/C24H21Cl2N5O3/c1-30(24(34)21-10-18-19(26)8-15(25)9-20(18)29-21)13-22(32)31-12-14(7-17(31)11-27)23(33)28-16-5-3-2-4-6-16/h2-6,8-10,14,17,29H,7,12-13H2,1H3,(H,28,33). The zero-order valence-corrected chi connectivity index (χ0v) is 19.7. The summed E-state index contributed by atoms with van der Waals surface area (Å²) in [6.45, 7) is -0.133. The van der Waals surface area contributed by atoms with Crippen molar-refractivity contribution in [3.05, 3.63) is 64.3 Å². The molecule has 1 saturated heterocycles. The van der Waals surface area contributed by atoms with Crippen molar-refractivity contribution in [2.24, 2.45) is 5.92 Å². The van der Waals surface area contributed by atoms with Gasteiger partial charge in [0, 0.05) is 35.2 Å². The summed E-state index contributed by atoms with van der Waals surface area (Å²) in [7, 11) is 1.50. The van der Waals surface area contributed by atoms with Gasteiger partial charge in [-0.3, -0.25) is 14.4 Å². The van der Waals surface area contributed by atoms with Crippen molar-refractivity contribution in [3.8, 4) is 6.07 Å². The van der Waals surface area contributed by atoms with Crippen molar-refractivity contribution in [1.82, 2.24) is 14.8 Å². The van der Waals surface area contributed by atoms with Crippen LogP contribution in [-0.2, 0) is 9.59 Å². The van der Waals surface area contributed by atoms with Crippen LogP contribution >= 0.6 is 23.2 Å². The number of hydrogen-bond acceptors (Lipinski definition) is 4. The molecule has 2 aromatic carbocycles. The van der Waals surface area contributed by atoms with Crippen LogP contribution in [0, 0.1) is 17.2 Å². The fraction of sp³-hybridized carbons (Fsp3) is 0.250. The highest BCUT2D eigenvalue weighted by atomic mass is 35.5. The quantitative estimate of drug-likeness (QED) is 0.556. The van der Waals surface area contributed by atoms with Crippen LogP contribution in [0.4, 0.5) is 5.69 Å². The first-order chi connectivity index (χ1) is 16.3. The predicted octanol–water partition coefficient (Wildman–Crippen LogP) is 3.93. The number of nitrogens with one attached hydrogen (secondary N) is 2. The van der Waals surface area contributed by atoms with Crippen molar-refractivity contribution in [3.63, 3.8) is 0 Å². The van der Waals surface area contributed by atoms with Gasteiger partial charge in [-0.1, -0.05) is 41.4 Å². The molecule has 2 atom stereocenters.